The van der Waals surface area contributed by atoms with Crippen molar-refractivity contribution in [2.75, 3.05) is 23.3 Å². The van der Waals surface area contributed by atoms with Gasteiger partial charge in [-0.25, -0.2) is 0 Å². The number of amides is 1. The van der Waals surface area contributed by atoms with Crippen LogP contribution in [0.4, 0.5) is 11.4 Å². The molecule has 0 atom stereocenters. The lowest BCUT2D eigenvalue weighted by atomic mass is 10.1. The molecule has 0 aliphatic carbocycles. The lowest BCUT2D eigenvalue weighted by molar-refractivity contribution is 0.102. The number of fused-ring (bicyclic) bond motifs is 1. The number of carbonyl (C=O) groups is 1. The number of nitrogens with zero attached hydrogens (tertiary/aromatic N) is 1. The van der Waals surface area contributed by atoms with Crippen LogP contribution in [0.1, 0.15) is 24.2 Å². The monoisotopic (exact) mass is 341 g/mol. The molecule has 124 valence electrons. The average molecular weight is 342 g/mol. The quantitative estimate of drug-likeness (QED) is 0.692. The summed E-state index contributed by atoms with van der Waals surface area (Å²) in [5, 5.41) is 4.44. The Balaban J connectivity index is 1.79. The van der Waals surface area contributed by atoms with E-state index in [9.17, 15) is 4.79 Å². The number of nitrogens with one attached hydrogen (secondary N) is 2. The minimum Gasteiger partial charge on any atom is -0.372 e. The highest BCUT2D eigenvalue weighted by atomic mass is 35.5. The molecule has 0 spiro atoms. The predicted molar refractivity (Wildman–Crippen MR) is 101 cm³/mol. The van der Waals surface area contributed by atoms with E-state index >= 15 is 0 Å². The summed E-state index contributed by atoms with van der Waals surface area (Å²) in [4.78, 5) is 17.9. The Bertz CT molecular complexity index is 851. The maximum atomic E-state index is 12.5. The fourth-order valence-corrected chi connectivity index (χ4v) is 3.00. The Hall–Kier alpha value is -2.46. The highest BCUT2D eigenvalue weighted by Gasteiger charge is 2.12. The predicted octanol–water partition coefficient (Wildman–Crippen LogP) is 4.92. The van der Waals surface area contributed by atoms with Gasteiger partial charge in [0, 0.05) is 46.6 Å². The van der Waals surface area contributed by atoms with Gasteiger partial charge in [0.25, 0.3) is 5.91 Å². The first kappa shape index (κ1) is 16.4. The lowest BCUT2D eigenvalue weighted by Crippen LogP contribution is -2.21. The van der Waals surface area contributed by atoms with E-state index in [1.54, 1.807) is 12.3 Å². The number of benzene rings is 2. The van der Waals surface area contributed by atoms with Crippen molar-refractivity contribution in [1.82, 2.24) is 4.98 Å². The number of rotatable bonds is 5. The van der Waals surface area contributed by atoms with Crippen molar-refractivity contribution in [3.8, 4) is 0 Å². The number of carbonyl (C=O) groups excluding carboxylic acids is 1. The summed E-state index contributed by atoms with van der Waals surface area (Å²) < 4.78 is 0. The van der Waals surface area contributed by atoms with E-state index in [0.717, 1.165) is 35.4 Å². The van der Waals surface area contributed by atoms with Crippen molar-refractivity contribution in [2.45, 2.75) is 13.8 Å². The van der Waals surface area contributed by atoms with Gasteiger partial charge in [-0.3, -0.25) is 4.79 Å². The zero-order chi connectivity index (χ0) is 17.1. The molecule has 3 aromatic rings. The van der Waals surface area contributed by atoms with Gasteiger partial charge in [-0.05, 0) is 50.2 Å². The molecule has 5 heteroatoms. The highest BCUT2D eigenvalue weighted by Crippen LogP contribution is 2.23. The molecule has 0 fully saturated rings. The van der Waals surface area contributed by atoms with Crippen LogP contribution in [-0.4, -0.2) is 24.0 Å². The van der Waals surface area contributed by atoms with E-state index in [-0.39, 0.29) is 5.91 Å². The van der Waals surface area contributed by atoms with Crippen LogP contribution in [0.2, 0.25) is 5.02 Å². The third-order valence-electron chi connectivity index (χ3n) is 4.14. The third kappa shape index (κ3) is 3.24. The van der Waals surface area contributed by atoms with Crippen LogP contribution >= 0.6 is 11.6 Å². The van der Waals surface area contributed by atoms with Crippen molar-refractivity contribution in [1.29, 1.82) is 0 Å². The normalized spacial score (nSPS) is 10.8. The second kappa shape index (κ2) is 6.97. The number of H-pyrrole nitrogens is 1. The van der Waals surface area contributed by atoms with Gasteiger partial charge in [-0.1, -0.05) is 17.7 Å². The topological polar surface area (TPSA) is 48.1 Å². The van der Waals surface area contributed by atoms with Crippen molar-refractivity contribution in [2.24, 2.45) is 0 Å². The Morgan fingerprint density at radius 1 is 1.12 bits per heavy atom. The molecular weight excluding hydrogens is 322 g/mol. The first-order valence-corrected chi connectivity index (χ1v) is 8.43. The Morgan fingerprint density at radius 3 is 2.50 bits per heavy atom. The second-order valence-corrected chi connectivity index (χ2v) is 6.00. The largest absolute Gasteiger partial charge is 0.372 e. The molecule has 1 aromatic heterocycles. The minimum absolute atomic E-state index is 0.140. The van der Waals surface area contributed by atoms with E-state index in [1.807, 2.05) is 36.4 Å². The summed E-state index contributed by atoms with van der Waals surface area (Å²) in [5.41, 5.74) is 3.39. The van der Waals surface area contributed by atoms with Crippen molar-refractivity contribution in [3.05, 3.63) is 59.2 Å². The average Bonchev–Trinajstić information content (AvgIpc) is 3.00. The third-order valence-corrected chi connectivity index (χ3v) is 4.38. The van der Waals surface area contributed by atoms with E-state index < -0.39 is 0 Å². The van der Waals surface area contributed by atoms with E-state index in [4.69, 9.17) is 11.6 Å². The smallest absolute Gasteiger partial charge is 0.257 e. The van der Waals surface area contributed by atoms with Crippen LogP contribution in [0, 0.1) is 0 Å². The van der Waals surface area contributed by atoms with Gasteiger partial charge in [0.15, 0.2) is 0 Å². The van der Waals surface area contributed by atoms with Gasteiger partial charge in [0.05, 0.1) is 5.56 Å². The summed E-state index contributed by atoms with van der Waals surface area (Å²) >= 11 is 5.98. The van der Waals surface area contributed by atoms with Crippen molar-refractivity contribution < 1.29 is 4.79 Å². The molecule has 0 unspecified atom stereocenters. The molecule has 2 aromatic carbocycles. The van der Waals surface area contributed by atoms with Crippen LogP contribution in [0.5, 0.6) is 0 Å². The van der Waals surface area contributed by atoms with E-state index in [1.165, 1.54) is 0 Å². The lowest BCUT2D eigenvalue weighted by Gasteiger charge is -2.21. The zero-order valence-electron chi connectivity index (χ0n) is 13.8. The molecule has 0 saturated heterocycles. The summed E-state index contributed by atoms with van der Waals surface area (Å²) in [6, 6.07) is 13.4. The number of halogens is 1. The summed E-state index contributed by atoms with van der Waals surface area (Å²) in [6.07, 6.45) is 1.71. The fourth-order valence-electron chi connectivity index (χ4n) is 2.83. The van der Waals surface area contributed by atoms with Gasteiger partial charge in [-0.2, -0.15) is 0 Å². The molecule has 0 radical (unpaired) electrons. The molecule has 24 heavy (non-hydrogen) atoms. The van der Waals surface area contributed by atoms with Crippen molar-refractivity contribution >= 4 is 39.8 Å². The molecule has 2 N–H and O–H groups in total. The van der Waals surface area contributed by atoms with Crippen LogP contribution in [0.15, 0.2) is 48.7 Å². The molecule has 0 aliphatic heterocycles. The number of aromatic amines is 1. The van der Waals surface area contributed by atoms with Gasteiger partial charge < -0.3 is 15.2 Å². The Kier molecular flexibility index (Phi) is 4.76. The van der Waals surface area contributed by atoms with Crippen molar-refractivity contribution in [3.63, 3.8) is 0 Å². The number of hydrogen-bond donors (Lipinski definition) is 2. The van der Waals surface area contributed by atoms with Crippen LogP contribution in [0.3, 0.4) is 0 Å². The highest BCUT2D eigenvalue weighted by molar-refractivity contribution is 6.31. The molecule has 0 bridgehead atoms. The molecule has 1 heterocycles. The van der Waals surface area contributed by atoms with E-state index in [2.05, 4.69) is 29.0 Å². The Labute approximate surface area is 146 Å². The van der Waals surface area contributed by atoms with E-state index in [0.29, 0.717) is 10.6 Å². The molecule has 0 aliphatic rings. The van der Waals surface area contributed by atoms with Crippen LogP contribution in [-0.2, 0) is 0 Å². The van der Waals surface area contributed by atoms with Gasteiger partial charge in [0.1, 0.15) is 0 Å². The number of aromatic nitrogens is 1. The van der Waals surface area contributed by atoms with Gasteiger partial charge in [0.2, 0.25) is 0 Å². The maximum Gasteiger partial charge on any atom is 0.257 e. The molecule has 1 amide bonds. The summed E-state index contributed by atoms with van der Waals surface area (Å²) in [7, 11) is 0. The second-order valence-electron chi connectivity index (χ2n) is 5.57. The first-order chi connectivity index (χ1) is 11.6. The number of hydrogen-bond acceptors (Lipinski definition) is 2. The summed E-state index contributed by atoms with van der Waals surface area (Å²) in [5.74, 6) is -0.140. The van der Waals surface area contributed by atoms with Crippen LogP contribution < -0.4 is 10.2 Å². The molecular formula is C19H20ClN3O. The van der Waals surface area contributed by atoms with Gasteiger partial charge >= 0.3 is 0 Å². The summed E-state index contributed by atoms with van der Waals surface area (Å²) in [6.45, 7) is 6.17. The fraction of sp³-hybridized carbons (Fsp3) is 0.211. The zero-order valence-corrected chi connectivity index (χ0v) is 14.5. The standard InChI is InChI=1S/C19H20ClN3O/c1-3-23(4-2)15-8-6-14(7-9-15)22-19(24)17-12-21-18-11-13(20)5-10-16(17)18/h5-12,21H,3-4H2,1-2H3,(H,22,24). The van der Waals surface area contributed by atoms with Gasteiger partial charge in [-0.15, -0.1) is 0 Å². The Morgan fingerprint density at radius 2 is 1.83 bits per heavy atom. The van der Waals surface area contributed by atoms with Crippen LogP contribution in [0.25, 0.3) is 10.9 Å². The number of anilines is 2. The minimum atomic E-state index is -0.140. The molecule has 4 nitrogen and oxygen atoms in total. The molecule has 0 saturated carbocycles. The SMILES string of the molecule is CCN(CC)c1ccc(NC(=O)c2c[nH]c3cc(Cl)ccc23)cc1. The molecule has 3 rings (SSSR count). The first-order valence-electron chi connectivity index (χ1n) is 8.05. The maximum absolute atomic E-state index is 12.5.